The van der Waals surface area contributed by atoms with E-state index in [2.05, 4.69) is 24.5 Å². The Hall–Kier alpha value is -1.26. The topological polar surface area (TPSA) is 78.4 Å². The lowest BCUT2D eigenvalue weighted by Crippen LogP contribution is -2.45. The molecule has 116 valence electrons. The molecule has 5 nitrogen and oxygen atoms in total. The number of aliphatic carboxylic acids is 1. The van der Waals surface area contributed by atoms with Gasteiger partial charge in [-0.05, 0) is 37.0 Å². The molecule has 1 saturated carbocycles. The Balaban J connectivity index is 2.36. The van der Waals surface area contributed by atoms with Crippen molar-refractivity contribution in [3.8, 4) is 0 Å². The Morgan fingerprint density at radius 1 is 1.25 bits per heavy atom. The molecular weight excluding hydrogens is 256 g/mol. The second kappa shape index (κ2) is 7.50. The van der Waals surface area contributed by atoms with Crippen LogP contribution in [-0.4, -0.2) is 29.7 Å². The summed E-state index contributed by atoms with van der Waals surface area (Å²) in [5, 5.41) is 14.8. The summed E-state index contributed by atoms with van der Waals surface area (Å²) in [5.41, 5.74) is 0. The van der Waals surface area contributed by atoms with Crippen molar-refractivity contribution in [3.63, 3.8) is 0 Å². The van der Waals surface area contributed by atoms with Crippen molar-refractivity contribution in [3.05, 3.63) is 0 Å². The van der Waals surface area contributed by atoms with E-state index in [0.29, 0.717) is 24.2 Å². The molecule has 0 bridgehead atoms. The van der Waals surface area contributed by atoms with E-state index in [1.54, 1.807) is 0 Å². The first-order valence-corrected chi connectivity index (χ1v) is 7.58. The van der Waals surface area contributed by atoms with Crippen molar-refractivity contribution < 1.29 is 14.7 Å². The van der Waals surface area contributed by atoms with Crippen LogP contribution >= 0.6 is 0 Å². The third-order valence-electron chi connectivity index (χ3n) is 4.40. The number of rotatable bonds is 6. The summed E-state index contributed by atoms with van der Waals surface area (Å²) in [6.07, 6.45) is 2.72. The minimum absolute atomic E-state index is 0.190. The van der Waals surface area contributed by atoms with Gasteiger partial charge in [-0.25, -0.2) is 4.79 Å². The highest BCUT2D eigenvalue weighted by Gasteiger charge is 2.30. The maximum atomic E-state index is 11.8. The Bertz CT molecular complexity index is 344. The molecule has 0 radical (unpaired) electrons. The molecule has 0 aliphatic heterocycles. The van der Waals surface area contributed by atoms with E-state index in [4.69, 9.17) is 5.11 Å². The molecule has 0 heterocycles. The number of carbonyl (C=O) groups excluding carboxylic acids is 1. The zero-order valence-electron chi connectivity index (χ0n) is 13.0. The van der Waals surface area contributed by atoms with Gasteiger partial charge in [0.1, 0.15) is 0 Å². The Morgan fingerprint density at radius 2 is 1.90 bits per heavy atom. The van der Waals surface area contributed by atoms with Crippen molar-refractivity contribution in [1.29, 1.82) is 0 Å². The first-order valence-electron chi connectivity index (χ1n) is 7.58. The molecule has 0 aromatic heterocycles. The van der Waals surface area contributed by atoms with Crippen LogP contribution < -0.4 is 10.6 Å². The molecule has 3 N–H and O–H groups in total. The van der Waals surface area contributed by atoms with Crippen molar-refractivity contribution in [2.45, 2.75) is 53.0 Å². The zero-order chi connectivity index (χ0) is 15.3. The summed E-state index contributed by atoms with van der Waals surface area (Å²) in [6, 6.07) is -0.0377. The summed E-state index contributed by atoms with van der Waals surface area (Å²) in [6.45, 7) is 8.51. The van der Waals surface area contributed by atoms with Crippen LogP contribution in [0.1, 0.15) is 47.0 Å². The fourth-order valence-corrected chi connectivity index (χ4v) is 2.84. The number of urea groups is 1. The van der Waals surface area contributed by atoms with Gasteiger partial charge in [0, 0.05) is 12.6 Å². The van der Waals surface area contributed by atoms with Gasteiger partial charge >= 0.3 is 12.0 Å². The average molecular weight is 284 g/mol. The molecule has 0 saturated heterocycles. The number of nitrogens with one attached hydrogen (secondary N) is 2. The Morgan fingerprint density at radius 3 is 2.35 bits per heavy atom. The van der Waals surface area contributed by atoms with Gasteiger partial charge in [-0.3, -0.25) is 4.79 Å². The number of carboxylic acid groups (broad SMARTS) is 1. The highest BCUT2D eigenvalue weighted by molar-refractivity contribution is 5.76. The van der Waals surface area contributed by atoms with Crippen LogP contribution in [0.3, 0.4) is 0 Å². The summed E-state index contributed by atoms with van der Waals surface area (Å²) in [5.74, 6) is 0.0545. The van der Waals surface area contributed by atoms with Crippen molar-refractivity contribution in [2.75, 3.05) is 6.54 Å². The lowest BCUT2D eigenvalue weighted by Gasteiger charge is -2.21. The number of hydrogen-bond donors (Lipinski definition) is 3. The Kier molecular flexibility index (Phi) is 6.30. The lowest BCUT2D eigenvalue weighted by atomic mass is 9.97. The number of amides is 2. The minimum Gasteiger partial charge on any atom is -0.481 e. The van der Waals surface area contributed by atoms with E-state index in [1.807, 2.05) is 13.8 Å². The van der Waals surface area contributed by atoms with E-state index in [0.717, 1.165) is 12.8 Å². The fraction of sp³-hybridized carbons (Fsp3) is 0.867. The van der Waals surface area contributed by atoms with Crippen LogP contribution in [0.5, 0.6) is 0 Å². The van der Waals surface area contributed by atoms with Gasteiger partial charge in [-0.2, -0.15) is 0 Å². The number of hydrogen-bond acceptors (Lipinski definition) is 2. The van der Waals surface area contributed by atoms with Crippen LogP contribution in [0.4, 0.5) is 4.79 Å². The highest BCUT2D eigenvalue weighted by atomic mass is 16.4. The van der Waals surface area contributed by atoms with Crippen LogP contribution in [0, 0.1) is 23.7 Å². The van der Waals surface area contributed by atoms with Crippen LogP contribution in [-0.2, 0) is 4.79 Å². The molecule has 4 unspecified atom stereocenters. The van der Waals surface area contributed by atoms with Gasteiger partial charge in [0.05, 0.1) is 5.92 Å². The summed E-state index contributed by atoms with van der Waals surface area (Å²) >= 11 is 0. The second-order valence-electron chi connectivity index (χ2n) is 6.54. The van der Waals surface area contributed by atoms with E-state index in [-0.39, 0.29) is 18.6 Å². The summed E-state index contributed by atoms with van der Waals surface area (Å²) in [7, 11) is 0. The molecule has 0 spiro atoms. The molecule has 4 atom stereocenters. The summed E-state index contributed by atoms with van der Waals surface area (Å²) < 4.78 is 0. The number of carbonyl (C=O) groups is 2. The molecule has 20 heavy (non-hydrogen) atoms. The largest absolute Gasteiger partial charge is 0.481 e. The molecule has 5 heteroatoms. The second-order valence-corrected chi connectivity index (χ2v) is 6.54. The standard InChI is InChI=1S/C15H28N2O3/c1-9(2)7-12(14(18)19)8-16-15(20)17-13-6-5-10(3)11(13)4/h9-13H,5-8H2,1-4H3,(H,18,19)(H2,16,17,20). The Labute approximate surface area is 121 Å². The van der Waals surface area contributed by atoms with Crippen molar-refractivity contribution in [1.82, 2.24) is 10.6 Å². The van der Waals surface area contributed by atoms with Gasteiger partial charge in [-0.15, -0.1) is 0 Å². The monoisotopic (exact) mass is 284 g/mol. The van der Waals surface area contributed by atoms with Gasteiger partial charge in [0.15, 0.2) is 0 Å². The van der Waals surface area contributed by atoms with E-state index >= 15 is 0 Å². The summed E-state index contributed by atoms with van der Waals surface area (Å²) in [4.78, 5) is 23.0. The molecule has 1 aliphatic rings. The normalized spacial score (nSPS) is 27.4. The van der Waals surface area contributed by atoms with E-state index in [9.17, 15) is 9.59 Å². The quantitative estimate of drug-likeness (QED) is 0.701. The molecule has 1 rings (SSSR count). The highest BCUT2D eigenvalue weighted by Crippen LogP contribution is 2.30. The first kappa shape index (κ1) is 16.8. The molecule has 0 aromatic carbocycles. The third-order valence-corrected chi connectivity index (χ3v) is 4.40. The van der Waals surface area contributed by atoms with E-state index in [1.165, 1.54) is 0 Å². The predicted octanol–water partition coefficient (Wildman–Crippen LogP) is 2.47. The fourth-order valence-electron chi connectivity index (χ4n) is 2.84. The third kappa shape index (κ3) is 5.02. The maximum absolute atomic E-state index is 11.8. The molecule has 0 aromatic rings. The van der Waals surface area contributed by atoms with Crippen molar-refractivity contribution >= 4 is 12.0 Å². The van der Waals surface area contributed by atoms with Gasteiger partial charge < -0.3 is 15.7 Å². The van der Waals surface area contributed by atoms with Gasteiger partial charge in [0.25, 0.3) is 0 Å². The maximum Gasteiger partial charge on any atom is 0.315 e. The van der Waals surface area contributed by atoms with E-state index < -0.39 is 11.9 Å². The SMILES string of the molecule is CC(C)CC(CNC(=O)NC1CCC(C)C1C)C(=O)O. The minimum atomic E-state index is -0.846. The predicted molar refractivity (Wildman–Crippen MR) is 78.5 cm³/mol. The number of carboxylic acids is 1. The van der Waals surface area contributed by atoms with Crippen LogP contribution in [0.2, 0.25) is 0 Å². The molecular formula is C15H28N2O3. The molecule has 1 aliphatic carbocycles. The molecule has 1 fully saturated rings. The van der Waals surface area contributed by atoms with Gasteiger partial charge in [0.2, 0.25) is 0 Å². The lowest BCUT2D eigenvalue weighted by molar-refractivity contribution is -0.142. The molecule has 2 amide bonds. The van der Waals surface area contributed by atoms with Crippen LogP contribution in [0.15, 0.2) is 0 Å². The van der Waals surface area contributed by atoms with Gasteiger partial charge in [-0.1, -0.05) is 27.7 Å². The average Bonchev–Trinajstić information content (AvgIpc) is 2.65. The van der Waals surface area contributed by atoms with Crippen LogP contribution in [0.25, 0.3) is 0 Å². The zero-order valence-corrected chi connectivity index (χ0v) is 13.0. The first-order chi connectivity index (χ1) is 9.31. The smallest absolute Gasteiger partial charge is 0.315 e. The van der Waals surface area contributed by atoms with Crippen molar-refractivity contribution in [2.24, 2.45) is 23.7 Å².